The molecule has 1 aromatic heterocycles. The lowest BCUT2D eigenvalue weighted by atomic mass is 10.3. The molecule has 82 valence electrons. The summed E-state index contributed by atoms with van der Waals surface area (Å²) in [5.41, 5.74) is 2.77. The second-order valence-corrected chi connectivity index (χ2v) is 3.84. The minimum Gasteiger partial charge on any atom is -0.391 e. The molecule has 1 saturated heterocycles. The summed E-state index contributed by atoms with van der Waals surface area (Å²) in [6.07, 6.45) is 0.447. The van der Waals surface area contributed by atoms with Gasteiger partial charge in [-0.1, -0.05) is 0 Å². The van der Waals surface area contributed by atoms with E-state index in [2.05, 4.69) is 4.98 Å². The van der Waals surface area contributed by atoms with Crippen LogP contribution in [-0.4, -0.2) is 29.3 Å². The van der Waals surface area contributed by atoms with Crippen molar-refractivity contribution < 1.29 is 9.59 Å². The fourth-order valence-corrected chi connectivity index (χ4v) is 1.82. The highest BCUT2D eigenvalue weighted by atomic mass is 19.2. The van der Waals surface area contributed by atoms with Gasteiger partial charge in [0.15, 0.2) is 0 Å². The van der Waals surface area contributed by atoms with E-state index in [1.165, 1.54) is 0 Å². The molecular formula is C10H14FN3O. The Morgan fingerprint density at radius 2 is 2.40 bits per heavy atom. The van der Waals surface area contributed by atoms with E-state index in [-0.39, 0.29) is 6.10 Å². The average Bonchev–Trinajstić information content (AvgIpc) is 2.64. The maximum Gasteiger partial charge on any atom is 0.131 e. The molecule has 5 heteroatoms. The van der Waals surface area contributed by atoms with Crippen LogP contribution in [0, 0.1) is 6.92 Å². The van der Waals surface area contributed by atoms with Gasteiger partial charge in [0.05, 0.1) is 11.8 Å². The standard InChI is InChI=1S/C10H14FN3O/c1-7-4-8(13-11)5-10(12-7)14-3-2-9(15)6-14/h4-5,9,15H,2-3,6H2,1H3,(H,12,13). The number of aryl methyl sites for hydroxylation is 1. The predicted octanol–water partition coefficient (Wildman–Crippen LogP) is 1.26. The number of pyridine rings is 1. The van der Waals surface area contributed by atoms with Crippen LogP contribution >= 0.6 is 0 Å². The second kappa shape index (κ2) is 4.02. The maximum atomic E-state index is 12.3. The van der Waals surface area contributed by atoms with Crippen LogP contribution in [0.15, 0.2) is 12.1 Å². The first-order valence-electron chi connectivity index (χ1n) is 4.97. The third-order valence-electron chi connectivity index (χ3n) is 2.54. The van der Waals surface area contributed by atoms with Crippen LogP contribution in [0.1, 0.15) is 12.1 Å². The van der Waals surface area contributed by atoms with Crippen molar-refractivity contribution in [3.63, 3.8) is 0 Å². The molecule has 0 radical (unpaired) electrons. The number of β-amino-alcohol motifs (C(OH)–C–C–N with tert-alkyl or cyclic N) is 1. The van der Waals surface area contributed by atoms with Crippen LogP contribution in [0.4, 0.5) is 16.0 Å². The van der Waals surface area contributed by atoms with Gasteiger partial charge in [0.2, 0.25) is 0 Å². The lowest BCUT2D eigenvalue weighted by molar-refractivity contribution is 0.198. The number of nitrogens with zero attached hydrogens (tertiary/aromatic N) is 2. The molecule has 1 aromatic rings. The summed E-state index contributed by atoms with van der Waals surface area (Å²) in [4.78, 5) is 6.26. The Labute approximate surface area is 87.7 Å². The first kappa shape index (κ1) is 10.2. The van der Waals surface area contributed by atoms with Crippen molar-refractivity contribution in [2.24, 2.45) is 0 Å². The molecule has 1 atom stereocenters. The zero-order valence-corrected chi connectivity index (χ0v) is 8.57. The summed E-state index contributed by atoms with van der Waals surface area (Å²) in [6.45, 7) is 3.16. The van der Waals surface area contributed by atoms with Crippen molar-refractivity contribution in [3.8, 4) is 0 Å². The van der Waals surface area contributed by atoms with Crippen LogP contribution in [0.5, 0.6) is 0 Å². The third-order valence-corrected chi connectivity index (χ3v) is 2.54. The number of anilines is 2. The Bertz CT molecular complexity index is 359. The van der Waals surface area contributed by atoms with Crippen LogP contribution in [-0.2, 0) is 0 Å². The van der Waals surface area contributed by atoms with Crippen LogP contribution < -0.4 is 10.4 Å². The molecule has 2 heterocycles. The van der Waals surface area contributed by atoms with Crippen LogP contribution in [0.25, 0.3) is 0 Å². The molecule has 4 nitrogen and oxygen atoms in total. The molecular weight excluding hydrogens is 197 g/mol. The highest BCUT2D eigenvalue weighted by Crippen LogP contribution is 2.22. The Hall–Kier alpha value is -1.36. The zero-order chi connectivity index (χ0) is 10.8. The summed E-state index contributed by atoms with van der Waals surface area (Å²) >= 11 is 0. The highest BCUT2D eigenvalue weighted by molar-refractivity contribution is 5.54. The summed E-state index contributed by atoms with van der Waals surface area (Å²) in [6, 6.07) is 3.28. The summed E-state index contributed by atoms with van der Waals surface area (Å²) in [7, 11) is 0. The van der Waals surface area contributed by atoms with Gasteiger partial charge in [-0.2, -0.15) is 0 Å². The van der Waals surface area contributed by atoms with E-state index in [0.29, 0.717) is 18.1 Å². The molecule has 0 spiro atoms. The molecule has 0 bridgehead atoms. The molecule has 1 aliphatic heterocycles. The number of aromatic nitrogens is 1. The Morgan fingerprint density at radius 1 is 1.60 bits per heavy atom. The fraction of sp³-hybridized carbons (Fsp3) is 0.500. The third kappa shape index (κ3) is 2.18. The van der Waals surface area contributed by atoms with Gasteiger partial charge in [-0.25, -0.2) is 10.5 Å². The smallest absolute Gasteiger partial charge is 0.131 e. The highest BCUT2D eigenvalue weighted by Gasteiger charge is 2.21. The SMILES string of the molecule is Cc1cc(NF)cc(N2CCC(O)C2)n1. The van der Waals surface area contributed by atoms with E-state index < -0.39 is 0 Å². The second-order valence-electron chi connectivity index (χ2n) is 3.84. The Balaban J connectivity index is 2.24. The van der Waals surface area contributed by atoms with Gasteiger partial charge in [-0.15, -0.1) is 4.48 Å². The maximum absolute atomic E-state index is 12.3. The molecule has 0 aromatic carbocycles. The molecule has 0 amide bonds. The molecule has 1 unspecified atom stereocenters. The summed E-state index contributed by atoms with van der Waals surface area (Å²) in [5, 5.41) is 9.40. The zero-order valence-electron chi connectivity index (χ0n) is 8.57. The topological polar surface area (TPSA) is 48.4 Å². The molecule has 15 heavy (non-hydrogen) atoms. The van der Waals surface area contributed by atoms with Crippen LogP contribution in [0.3, 0.4) is 0 Å². The van der Waals surface area contributed by atoms with Crippen molar-refractivity contribution >= 4 is 11.5 Å². The van der Waals surface area contributed by atoms with Crippen LogP contribution in [0.2, 0.25) is 0 Å². The molecule has 0 aliphatic carbocycles. The van der Waals surface area contributed by atoms with E-state index in [0.717, 1.165) is 18.7 Å². The minimum absolute atomic E-state index is 0.297. The first-order chi connectivity index (χ1) is 7.19. The molecule has 2 N–H and O–H groups in total. The number of hydrogen-bond donors (Lipinski definition) is 2. The van der Waals surface area contributed by atoms with Crippen molar-refractivity contribution in [2.75, 3.05) is 23.5 Å². The molecule has 1 fully saturated rings. The summed E-state index contributed by atoms with van der Waals surface area (Å²) < 4.78 is 12.3. The molecule has 2 rings (SSSR count). The number of rotatable bonds is 2. The van der Waals surface area contributed by atoms with E-state index in [9.17, 15) is 9.59 Å². The van der Waals surface area contributed by atoms with Crippen molar-refractivity contribution in [1.29, 1.82) is 0 Å². The summed E-state index contributed by atoms with van der Waals surface area (Å²) in [5.74, 6) is 0.715. The van der Waals surface area contributed by atoms with Crippen molar-refractivity contribution in [1.82, 2.24) is 4.98 Å². The number of hydrogen-bond acceptors (Lipinski definition) is 4. The Kier molecular flexibility index (Phi) is 2.73. The number of aliphatic hydroxyl groups excluding tert-OH is 1. The number of aliphatic hydroxyl groups is 1. The predicted molar refractivity (Wildman–Crippen MR) is 56.5 cm³/mol. The molecule has 0 saturated carbocycles. The minimum atomic E-state index is -0.297. The number of halogens is 1. The van der Waals surface area contributed by atoms with Gasteiger partial charge in [-0.05, 0) is 19.4 Å². The van der Waals surface area contributed by atoms with E-state index in [1.807, 2.05) is 11.8 Å². The van der Waals surface area contributed by atoms with Gasteiger partial charge in [0, 0.05) is 24.8 Å². The van der Waals surface area contributed by atoms with Gasteiger partial charge in [0.25, 0.3) is 0 Å². The lowest BCUT2D eigenvalue weighted by Crippen LogP contribution is -2.22. The van der Waals surface area contributed by atoms with E-state index in [4.69, 9.17) is 0 Å². The fourth-order valence-electron chi connectivity index (χ4n) is 1.82. The monoisotopic (exact) mass is 211 g/mol. The largest absolute Gasteiger partial charge is 0.391 e. The normalized spacial score (nSPS) is 20.7. The van der Waals surface area contributed by atoms with Gasteiger partial charge in [0.1, 0.15) is 5.82 Å². The number of nitrogens with one attached hydrogen (secondary N) is 1. The van der Waals surface area contributed by atoms with Crippen molar-refractivity contribution in [2.45, 2.75) is 19.4 Å². The van der Waals surface area contributed by atoms with E-state index >= 15 is 0 Å². The van der Waals surface area contributed by atoms with Crippen molar-refractivity contribution in [3.05, 3.63) is 17.8 Å². The quantitative estimate of drug-likeness (QED) is 0.723. The van der Waals surface area contributed by atoms with E-state index in [1.54, 1.807) is 17.7 Å². The molecule has 1 aliphatic rings. The Morgan fingerprint density at radius 3 is 3.00 bits per heavy atom. The average molecular weight is 211 g/mol. The van der Waals surface area contributed by atoms with Gasteiger partial charge in [-0.3, -0.25) is 0 Å². The van der Waals surface area contributed by atoms with Gasteiger partial charge >= 0.3 is 0 Å². The first-order valence-corrected chi connectivity index (χ1v) is 4.97. The lowest BCUT2D eigenvalue weighted by Gasteiger charge is -2.17. The van der Waals surface area contributed by atoms with Gasteiger partial charge < -0.3 is 10.0 Å².